The lowest BCUT2D eigenvalue weighted by atomic mass is 10.2. The number of ether oxygens (including phenoxy) is 1. The maximum atomic E-state index is 13.6. The van der Waals surface area contributed by atoms with Crippen molar-refractivity contribution in [2.45, 2.75) is 20.0 Å². The van der Waals surface area contributed by atoms with Crippen LogP contribution in [0.25, 0.3) is 22.3 Å². The number of anilines is 2. The molecule has 0 saturated heterocycles. The summed E-state index contributed by atoms with van der Waals surface area (Å²) < 4.78 is 19.4. The highest BCUT2D eigenvalue weighted by atomic mass is 19.1. The number of pyridine rings is 2. The van der Waals surface area contributed by atoms with Crippen LogP contribution in [0.1, 0.15) is 13.8 Å². The largest absolute Gasteiger partial charge is 0.491 e. The Labute approximate surface area is 161 Å². The second-order valence-electron chi connectivity index (χ2n) is 6.50. The van der Waals surface area contributed by atoms with Crippen molar-refractivity contribution in [1.29, 1.82) is 0 Å². The molecule has 1 N–H and O–H groups in total. The number of aromatic nitrogens is 4. The smallest absolute Gasteiger partial charge is 0.163 e. The van der Waals surface area contributed by atoms with Crippen molar-refractivity contribution in [2.75, 3.05) is 5.32 Å². The van der Waals surface area contributed by atoms with Crippen molar-refractivity contribution in [2.24, 2.45) is 0 Å². The molecule has 0 fully saturated rings. The molecule has 3 aromatic heterocycles. The summed E-state index contributed by atoms with van der Waals surface area (Å²) in [6.07, 6.45) is 6.12. The fourth-order valence-electron chi connectivity index (χ4n) is 2.79. The third-order valence-electron chi connectivity index (χ3n) is 3.93. The molecule has 0 unspecified atom stereocenters. The Kier molecular flexibility index (Phi) is 4.80. The number of hydrogen-bond donors (Lipinski definition) is 1. The van der Waals surface area contributed by atoms with Crippen LogP contribution >= 0.6 is 0 Å². The summed E-state index contributed by atoms with van der Waals surface area (Å²) in [6.45, 7) is 3.92. The number of rotatable bonds is 5. The maximum Gasteiger partial charge on any atom is 0.163 e. The average Bonchev–Trinajstić information content (AvgIpc) is 2.68. The van der Waals surface area contributed by atoms with E-state index in [2.05, 4.69) is 25.3 Å². The molecule has 3 heterocycles. The number of hydrogen-bond acceptors (Lipinski definition) is 6. The Morgan fingerprint density at radius 2 is 1.89 bits per heavy atom. The second-order valence-corrected chi connectivity index (χ2v) is 6.50. The summed E-state index contributed by atoms with van der Waals surface area (Å²) >= 11 is 0. The molecule has 28 heavy (non-hydrogen) atoms. The highest BCUT2D eigenvalue weighted by Gasteiger charge is 2.12. The van der Waals surface area contributed by atoms with E-state index in [1.807, 2.05) is 44.2 Å². The van der Waals surface area contributed by atoms with E-state index in [0.717, 1.165) is 22.7 Å². The number of nitrogens with one attached hydrogen (secondary N) is 1. The Balaban J connectivity index is 1.86. The van der Waals surface area contributed by atoms with Gasteiger partial charge in [0.2, 0.25) is 0 Å². The van der Waals surface area contributed by atoms with E-state index < -0.39 is 5.82 Å². The maximum absolute atomic E-state index is 13.6. The first kappa shape index (κ1) is 17.8. The van der Waals surface area contributed by atoms with Crippen molar-refractivity contribution in [3.8, 4) is 17.1 Å². The Bertz CT molecular complexity index is 1120. The Morgan fingerprint density at radius 1 is 1.00 bits per heavy atom. The average molecular weight is 375 g/mol. The van der Waals surface area contributed by atoms with Gasteiger partial charge in [-0.1, -0.05) is 0 Å². The van der Waals surface area contributed by atoms with E-state index >= 15 is 0 Å². The first-order chi connectivity index (χ1) is 13.6. The molecule has 7 heteroatoms. The summed E-state index contributed by atoms with van der Waals surface area (Å²) in [7, 11) is 0. The molecule has 0 spiro atoms. The van der Waals surface area contributed by atoms with Gasteiger partial charge in [-0.25, -0.2) is 14.4 Å². The lowest BCUT2D eigenvalue weighted by Crippen LogP contribution is -2.06. The van der Waals surface area contributed by atoms with Crippen molar-refractivity contribution >= 4 is 22.4 Å². The van der Waals surface area contributed by atoms with Gasteiger partial charge in [-0.05, 0) is 44.2 Å². The number of fused-ring (bicyclic) bond motifs is 1. The van der Waals surface area contributed by atoms with Crippen LogP contribution in [0.2, 0.25) is 0 Å². The quantitative estimate of drug-likeness (QED) is 0.542. The van der Waals surface area contributed by atoms with Gasteiger partial charge >= 0.3 is 0 Å². The van der Waals surface area contributed by atoms with E-state index in [9.17, 15) is 4.39 Å². The van der Waals surface area contributed by atoms with E-state index in [-0.39, 0.29) is 6.10 Å². The van der Waals surface area contributed by atoms with Gasteiger partial charge in [0.05, 0.1) is 29.7 Å². The minimum atomic E-state index is -0.431. The zero-order valence-electron chi connectivity index (χ0n) is 15.4. The zero-order valence-corrected chi connectivity index (χ0v) is 15.4. The van der Waals surface area contributed by atoms with Gasteiger partial charge in [-0.15, -0.1) is 0 Å². The summed E-state index contributed by atoms with van der Waals surface area (Å²) in [4.78, 5) is 17.3. The van der Waals surface area contributed by atoms with Gasteiger partial charge in [-0.2, -0.15) is 0 Å². The molecule has 0 aliphatic heterocycles. The molecular weight excluding hydrogens is 357 g/mol. The Hall–Kier alpha value is -3.61. The predicted molar refractivity (Wildman–Crippen MR) is 106 cm³/mol. The molecule has 4 aromatic rings. The summed E-state index contributed by atoms with van der Waals surface area (Å²) in [5, 5.41) is 3.91. The van der Waals surface area contributed by atoms with E-state index in [0.29, 0.717) is 23.1 Å². The Morgan fingerprint density at radius 3 is 2.64 bits per heavy atom. The SMILES string of the molecule is CC(C)Oc1ccc2nc(-c3cccnc3)nc(Nc3cncc(F)c3)c2c1. The van der Waals surface area contributed by atoms with Crippen LogP contribution in [0.5, 0.6) is 5.75 Å². The van der Waals surface area contributed by atoms with Crippen LogP contribution in [0.4, 0.5) is 15.9 Å². The highest BCUT2D eigenvalue weighted by Crippen LogP contribution is 2.30. The molecule has 0 aliphatic carbocycles. The number of halogens is 1. The van der Waals surface area contributed by atoms with Crippen LogP contribution in [0.15, 0.2) is 61.2 Å². The molecule has 0 amide bonds. The molecule has 0 atom stereocenters. The third kappa shape index (κ3) is 3.88. The number of nitrogens with zero attached hydrogens (tertiary/aromatic N) is 4. The van der Waals surface area contributed by atoms with Crippen LogP contribution in [-0.2, 0) is 0 Å². The predicted octanol–water partition coefficient (Wildman–Crippen LogP) is 4.76. The molecule has 0 saturated carbocycles. The van der Waals surface area contributed by atoms with E-state index in [1.54, 1.807) is 12.4 Å². The highest BCUT2D eigenvalue weighted by molar-refractivity contribution is 5.93. The number of benzene rings is 1. The van der Waals surface area contributed by atoms with Crippen LogP contribution in [-0.4, -0.2) is 26.0 Å². The normalized spacial score (nSPS) is 11.0. The van der Waals surface area contributed by atoms with Crippen molar-refractivity contribution in [1.82, 2.24) is 19.9 Å². The minimum absolute atomic E-state index is 0.0388. The van der Waals surface area contributed by atoms with Gasteiger partial charge in [0.1, 0.15) is 17.4 Å². The third-order valence-corrected chi connectivity index (χ3v) is 3.93. The van der Waals surface area contributed by atoms with Gasteiger partial charge in [-0.3, -0.25) is 9.97 Å². The molecule has 0 bridgehead atoms. The van der Waals surface area contributed by atoms with Gasteiger partial charge in [0.15, 0.2) is 5.82 Å². The fourth-order valence-corrected chi connectivity index (χ4v) is 2.79. The monoisotopic (exact) mass is 375 g/mol. The van der Waals surface area contributed by atoms with Gasteiger partial charge < -0.3 is 10.1 Å². The zero-order chi connectivity index (χ0) is 19.5. The summed E-state index contributed by atoms with van der Waals surface area (Å²) in [6, 6.07) is 10.7. The molecule has 140 valence electrons. The molecule has 0 radical (unpaired) electrons. The minimum Gasteiger partial charge on any atom is -0.491 e. The van der Waals surface area contributed by atoms with Gasteiger partial charge in [0.25, 0.3) is 0 Å². The van der Waals surface area contributed by atoms with E-state index in [1.165, 1.54) is 12.3 Å². The van der Waals surface area contributed by atoms with Crippen molar-refractivity contribution in [3.05, 3.63) is 67.0 Å². The first-order valence-corrected chi connectivity index (χ1v) is 8.85. The lowest BCUT2D eigenvalue weighted by Gasteiger charge is -2.14. The molecule has 0 aliphatic rings. The second kappa shape index (κ2) is 7.56. The van der Waals surface area contributed by atoms with E-state index in [4.69, 9.17) is 4.74 Å². The molecule has 6 nitrogen and oxygen atoms in total. The van der Waals surface area contributed by atoms with Crippen LogP contribution < -0.4 is 10.1 Å². The van der Waals surface area contributed by atoms with Crippen LogP contribution in [0.3, 0.4) is 0 Å². The molecule has 4 rings (SSSR count). The molecular formula is C21H18FN5O. The standard InChI is InChI=1S/C21H18FN5O/c1-13(2)28-17-5-6-19-18(9-17)21(25-16-8-15(22)11-24-12-16)27-20(26-19)14-4-3-7-23-10-14/h3-13H,1-2H3,(H,25,26,27). The van der Waals surface area contributed by atoms with Gasteiger partial charge in [0, 0.05) is 29.4 Å². The fraction of sp³-hybridized carbons (Fsp3) is 0.143. The van der Waals surface area contributed by atoms with Crippen molar-refractivity contribution in [3.63, 3.8) is 0 Å². The topological polar surface area (TPSA) is 72.8 Å². The van der Waals surface area contributed by atoms with Crippen molar-refractivity contribution < 1.29 is 9.13 Å². The summed E-state index contributed by atoms with van der Waals surface area (Å²) in [5.74, 6) is 1.33. The van der Waals surface area contributed by atoms with Crippen LogP contribution in [0, 0.1) is 5.82 Å². The first-order valence-electron chi connectivity index (χ1n) is 8.85. The molecule has 1 aromatic carbocycles. The lowest BCUT2D eigenvalue weighted by molar-refractivity contribution is 0.243. The summed E-state index contributed by atoms with van der Waals surface area (Å²) in [5.41, 5.74) is 2.01.